The van der Waals surface area contributed by atoms with Crippen LogP contribution in [0, 0.1) is 5.82 Å². The fourth-order valence-corrected chi connectivity index (χ4v) is 4.31. The van der Waals surface area contributed by atoms with E-state index in [1.165, 1.54) is 29.2 Å². The van der Waals surface area contributed by atoms with Crippen molar-refractivity contribution in [1.82, 2.24) is 4.90 Å². The fourth-order valence-electron chi connectivity index (χ4n) is 3.93. The number of rotatable bonds is 8. The van der Waals surface area contributed by atoms with Crippen LogP contribution in [0.1, 0.15) is 12.0 Å². The number of carbonyl (C=O) groups is 2. The molecule has 1 aliphatic rings. The number of nitrogens with zero attached hydrogens (tertiary/aromatic N) is 2. The summed E-state index contributed by atoms with van der Waals surface area (Å²) in [5, 5.41) is 3.05. The average molecular weight is 494 g/mol. The molecule has 4 rings (SSSR count). The van der Waals surface area contributed by atoms with Gasteiger partial charge in [0.05, 0.1) is 26.3 Å². The van der Waals surface area contributed by atoms with Gasteiger partial charge in [0.15, 0.2) is 16.6 Å². The molecule has 180 valence electrons. The Morgan fingerprint density at radius 3 is 2.34 bits per heavy atom. The summed E-state index contributed by atoms with van der Waals surface area (Å²) in [6.45, 7) is 0.256. The predicted octanol–water partition coefficient (Wildman–Crippen LogP) is 4.37. The molecule has 1 heterocycles. The summed E-state index contributed by atoms with van der Waals surface area (Å²) in [7, 11) is 3.09. The normalized spacial score (nSPS) is 15.3. The van der Waals surface area contributed by atoms with E-state index in [1.807, 2.05) is 24.3 Å². The molecular formula is C26H24FN3O4S. The lowest BCUT2D eigenvalue weighted by molar-refractivity contribution is -0.124. The van der Waals surface area contributed by atoms with Gasteiger partial charge in [0.2, 0.25) is 5.91 Å². The predicted molar refractivity (Wildman–Crippen MR) is 135 cm³/mol. The molecule has 0 radical (unpaired) electrons. The Hall–Kier alpha value is -3.98. The molecule has 0 aromatic heterocycles. The molecule has 3 aromatic carbocycles. The molecule has 2 amide bonds. The van der Waals surface area contributed by atoms with Crippen LogP contribution in [-0.4, -0.2) is 42.1 Å². The van der Waals surface area contributed by atoms with Gasteiger partial charge in [-0.25, -0.2) is 4.39 Å². The average Bonchev–Trinajstić information content (AvgIpc) is 3.09. The third-order valence-electron chi connectivity index (χ3n) is 5.64. The zero-order valence-corrected chi connectivity index (χ0v) is 20.0. The molecule has 0 saturated carbocycles. The van der Waals surface area contributed by atoms with Gasteiger partial charge in [-0.3, -0.25) is 14.5 Å². The number of methoxy groups -OCH3 is 2. The molecule has 0 bridgehead atoms. The highest BCUT2D eigenvalue weighted by atomic mass is 32.1. The van der Waals surface area contributed by atoms with Gasteiger partial charge in [-0.15, -0.1) is 0 Å². The SMILES string of the molecule is COc1ccc(CN2C(=S)N(c3ccc(F)cc3)C(=O)C2CC(=O)Nc2ccccc2)cc1OC. The summed E-state index contributed by atoms with van der Waals surface area (Å²) in [5.41, 5.74) is 1.88. The van der Waals surface area contributed by atoms with Crippen LogP contribution < -0.4 is 19.7 Å². The van der Waals surface area contributed by atoms with Gasteiger partial charge in [0.25, 0.3) is 5.91 Å². The van der Waals surface area contributed by atoms with E-state index in [9.17, 15) is 14.0 Å². The molecule has 9 heteroatoms. The third kappa shape index (κ3) is 5.25. The molecule has 3 aromatic rings. The molecule has 1 fully saturated rings. The molecule has 1 aliphatic heterocycles. The summed E-state index contributed by atoms with van der Waals surface area (Å²) in [6.07, 6.45) is -0.112. The molecule has 0 aliphatic carbocycles. The van der Waals surface area contributed by atoms with Crippen LogP contribution in [0.5, 0.6) is 11.5 Å². The number of ether oxygens (including phenoxy) is 2. The van der Waals surface area contributed by atoms with Crippen LogP contribution in [0.2, 0.25) is 0 Å². The van der Waals surface area contributed by atoms with Gasteiger partial charge in [0, 0.05) is 12.2 Å². The molecule has 1 N–H and O–H groups in total. The maximum Gasteiger partial charge on any atom is 0.256 e. The molecule has 35 heavy (non-hydrogen) atoms. The Morgan fingerprint density at radius 2 is 1.69 bits per heavy atom. The first-order valence-corrected chi connectivity index (χ1v) is 11.3. The highest BCUT2D eigenvalue weighted by Crippen LogP contribution is 2.32. The number of benzene rings is 3. The van der Waals surface area contributed by atoms with E-state index in [4.69, 9.17) is 21.7 Å². The zero-order valence-electron chi connectivity index (χ0n) is 19.2. The van der Waals surface area contributed by atoms with Crippen molar-refractivity contribution in [3.8, 4) is 11.5 Å². The Morgan fingerprint density at radius 1 is 1.00 bits per heavy atom. The van der Waals surface area contributed by atoms with Crippen molar-refractivity contribution in [2.45, 2.75) is 19.0 Å². The van der Waals surface area contributed by atoms with Crippen LogP contribution >= 0.6 is 12.2 Å². The number of hydrogen-bond acceptors (Lipinski definition) is 5. The van der Waals surface area contributed by atoms with Gasteiger partial charge >= 0.3 is 0 Å². The van der Waals surface area contributed by atoms with Gasteiger partial charge in [-0.1, -0.05) is 24.3 Å². The molecular weight excluding hydrogens is 469 g/mol. The number of halogens is 1. The quantitative estimate of drug-likeness (QED) is 0.470. The van der Waals surface area contributed by atoms with Gasteiger partial charge in [-0.2, -0.15) is 0 Å². The lowest BCUT2D eigenvalue weighted by atomic mass is 10.1. The maximum atomic E-state index is 13.5. The van der Waals surface area contributed by atoms with Crippen molar-refractivity contribution in [3.05, 3.63) is 84.2 Å². The van der Waals surface area contributed by atoms with E-state index in [0.717, 1.165) is 5.56 Å². The van der Waals surface area contributed by atoms with E-state index in [1.54, 1.807) is 43.4 Å². The van der Waals surface area contributed by atoms with Crippen LogP contribution in [0.4, 0.5) is 15.8 Å². The Kier molecular flexibility index (Phi) is 7.26. The second-order valence-electron chi connectivity index (χ2n) is 7.88. The Balaban J connectivity index is 1.63. The number of para-hydroxylation sites is 1. The lowest BCUT2D eigenvalue weighted by Crippen LogP contribution is -2.37. The van der Waals surface area contributed by atoms with Gasteiger partial charge < -0.3 is 19.7 Å². The van der Waals surface area contributed by atoms with Crippen molar-refractivity contribution in [2.24, 2.45) is 0 Å². The minimum atomic E-state index is -0.843. The van der Waals surface area contributed by atoms with Crippen molar-refractivity contribution < 1.29 is 23.5 Å². The topological polar surface area (TPSA) is 71.1 Å². The summed E-state index contributed by atoms with van der Waals surface area (Å²) in [4.78, 5) is 29.4. The smallest absolute Gasteiger partial charge is 0.256 e. The van der Waals surface area contributed by atoms with Crippen LogP contribution in [0.25, 0.3) is 0 Å². The van der Waals surface area contributed by atoms with Gasteiger partial charge in [0.1, 0.15) is 11.9 Å². The number of carbonyl (C=O) groups excluding carboxylic acids is 2. The summed E-state index contributed by atoms with van der Waals surface area (Å²) in [6, 6.07) is 19.1. The number of amides is 2. The van der Waals surface area contributed by atoms with Crippen LogP contribution in [-0.2, 0) is 16.1 Å². The third-order valence-corrected chi connectivity index (χ3v) is 6.06. The number of anilines is 2. The first kappa shape index (κ1) is 24.2. The first-order valence-electron chi connectivity index (χ1n) is 10.9. The maximum absolute atomic E-state index is 13.5. The zero-order chi connectivity index (χ0) is 24.9. The monoisotopic (exact) mass is 493 g/mol. The molecule has 1 atom stereocenters. The van der Waals surface area contributed by atoms with E-state index < -0.39 is 11.9 Å². The fraction of sp³-hybridized carbons (Fsp3) is 0.192. The van der Waals surface area contributed by atoms with Crippen molar-refractivity contribution in [2.75, 3.05) is 24.4 Å². The van der Waals surface area contributed by atoms with E-state index in [-0.39, 0.29) is 29.9 Å². The lowest BCUT2D eigenvalue weighted by Gasteiger charge is -2.24. The standard InChI is InChI=1S/C26H24FN3O4S/c1-33-22-13-8-17(14-23(22)34-2)16-29-21(15-24(31)28-19-6-4-3-5-7-19)25(32)30(26(29)35)20-11-9-18(27)10-12-20/h3-14,21H,15-16H2,1-2H3,(H,28,31). The van der Waals surface area contributed by atoms with Crippen molar-refractivity contribution >= 4 is 40.5 Å². The minimum Gasteiger partial charge on any atom is -0.493 e. The second-order valence-corrected chi connectivity index (χ2v) is 8.25. The van der Waals surface area contributed by atoms with Crippen molar-refractivity contribution in [1.29, 1.82) is 0 Å². The molecule has 1 saturated heterocycles. The Labute approximate surface area is 208 Å². The molecule has 0 spiro atoms. The van der Waals surface area contributed by atoms with E-state index >= 15 is 0 Å². The number of thiocarbonyl (C=S) groups is 1. The van der Waals surface area contributed by atoms with Crippen LogP contribution in [0.3, 0.4) is 0 Å². The van der Waals surface area contributed by atoms with Crippen molar-refractivity contribution in [3.63, 3.8) is 0 Å². The van der Waals surface area contributed by atoms with Gasteiger partial charge in [-0.05, 0) is 66.3 Å². The summed E-state index contributed by atoms with van der Waals surface area (Å²) >= 11 is 5.67. The largest absolute Gasteiger partial charge is 0.493 e. The Bertz CT molecular complexity index is 1240. The molecule has 1 unspecified atom stereocenters. The second kappa shape index (κ2) is 10.5. The summed E-state index contributed by atoms with van der Waals surface area (Å²) in [5.74, 6) is 0.00598. The highest BCUT2D eigenvalue weighted by molar-refractivity contribution is 7.80. The highest BCUT2D eigenvalue weighted by Gasteiger charge is 2.44. The number of hydrogen-bond donors (Lipinski definition) is 1. The summed E-state index contributed by atoms with van der Waals surface area (Å²) < 4.78 is 24.2. The van der Waals surface area contributed by atoms with Crippen LogP contribution in [0.15, 0.2) is 72.8 Å². The van der Waals surface area contributed by atoms with E-state index in [2.05, 4.69) is 5.32 Å². The first-order chi connectivity index (χ1) is 16.9. The number of nitrogens with one attached hydrogen (secondary N) is 1. The molecule has 7 nitrogen and oxygen atoms in total. The van der Waals surface area contributed by atoms with E-state index in [0.29, 0.717) is 22.9 Å². The minimum absolute atomic E-state index is 0.112.